The van der Waals surface area contributed by atoms with Crippen molar-refractivity contribution in [2.75, 3.05) is 38.6 Å². The lowest BCUT2D eigenvalue weighted by Crippen LogP contribution is -2.34. The fourth-order valence-electron chi connectivity index (χ4n) is 3.50. The van der Waals surface area contributed by atoms with E-state index in [9.17, 15) is 13.2 Å². The number of urea groups is 1. The van der Waals surface area contributed by atoms with E-state index in [1.165, 1.54) is 11.0 Å². The smallest absolute Gasteiger partial charge is 0.321 e. The zero-order chi connectivity index (χ0) is 22.3. The van der Waals surface area contributed by atoms with Gasteiger partial charge in [-0.3, -0.25) is 0 Å². The summed E-state index contributed by atoms with van der Waals surface area (Å²) in [5, 5.41) is 2.78. The molecule has 1 N–H and O–H groups in total. The molecule has 2 amide bonds. The number of rotatable bonds is 7. The first-order chi connectivity index (χ1) is 14.9. The Balaban J connectivity index is 1.58. The number of ether oxygens (including phenoxy) is 1. The molecule has 31 heavy (non-hydrogen) atoms. The predicted molar refractivity (Wildman–Crippen MR) is 122 cm³/mol. The van der Waals surface area contributed by atoms with Gasteiger partial charge in [0.05, 0.1) is 11.4 Å². The number of anilines is 1. The second-order valence-electron chi connectivity index (χ2n) is 7.81. The Morgan fingerprint density at radius 2 is 1.77 bits per heavy atom. The Morgan fingerprint density at radius 1 is 1.06 bits per heavy atom. The molecule has 0 aromatic heterocycles. The Kier molecular flexibility index (Phi) is 7.92. The van der Waals surface area contributed by atoms with E-state index < -0.39 is 10.0 Å². The molecule has 3 rings (SSSR count). The molecule has 1 aliphatic rings. The number of hydrogen-bond acceptors (Lipinski definition) is 4. The van der Waals surface area contributed by atoms with Crippen molar-refractivity contribution in [3.05, 3.63) is 54.1 Å². The summed E-state index contributed by atoms with van der Waals surface area (Å²) in [7, 11) is -1.89. The molecule has 168 valence electrons. The normalized spacial score (nSPS) is 15.2. The third-order valence-corrected chi connectivity index (χ3v) is 7.31. The van der Waals surface area contributed by atoms with Gasteiger partial charge in [0.15, 0.2) is 0 Å². The highest BCUT2D eigenvalue weighted by Gasteiger charge is 2.25. The molecule has 0 unspecified atom stereocenters. The first-order valence-electron chi connectivity index (χ1n) is 10.7. The van der Waals surface area contributed by atoms with Gasteiger partial charge in [-0.05, 0) is 49.6 Å². The van der Waals surface area contributed by atoms with Crippen LogP contribution in [0.1, 0.15) is 31.2 Å². The summed E-state index contributed by atoms with van der Waals surface area (Å²) >= 11 is 0. The van der Waals surface area contributed by atoms with E-state index in [1.54, 1.807) is 29.6 Å². The summed E-state index contributed by atoms with van der Waals surface area (Å²) in [6.07, 6.45) is 3.88. The van der Waals surface area contributed by atoms with Gasteiger partial charge in [0.25, 0.3) is 0 Å². The molecule has 0 radical (unpaired) electrons. The fourth-order valence-corrected chi connectivity index (χ4v) is 5.06. The molecule has 1 saturated heterocycles. The first kappa shape index (κ1) is 23.1. The summed E-state index contributed by atoms with van der Waals surface area (Å²) in [6, 6.07) is 13.8. The minimum Gasteiger partial charge on any atom is -0.491 e. The number of sulfonamides is 1. The third-order valence-electron chi connectivity index (χ3n) is 5.41. The standard InChI is InChI=1S/C23H31N3O4S/c1-19-10-5-6-13-22(19)30-17-16-25(2)23(27)24-20-11-9-12-21(18-20)31(28,29)26-14-7-3-4-8-15-26/h5-6,9-13,18H,3-4,7-8,14-17H2,1-2H3,(H,24,27). The molecular formula is C23H31N3O4S. The van der Waals surface area contributed by atoms with Crippen molar-refractivity contribution in [1.29, 1.82) is 0 Å². The monoisotopic (exact) mass is 445 g/mol. The van der Waals surface area contributed by atoms with Crippen LogP contribution >= 0.6 is 0 Å². The van der Waals surface area contributed by atoms with Gasteiger partial charge in [-0.1, -0.05) is 37.1 Å². The number of carbonyl (C=O) groups excluding carboxylic acids is 1. The number of para-hydroxylation sites is 1. The molecule has 7 nitrogen and oxygen atoms in total. The Hall–Kier alpha value is -2.58. The lowest BCUT2D eigenvalue weighted by molar-refractivity contribution is 0.207. The van der Waals surface area contributed by atoms with Crippen molar-refractivity contribution in [3.8, 4) is 5.75 Å². The molecule has 0 aliphatic carbocycles. The van der Waals surface area contributed by atoms with Crippen molar-refractivity contribution in [2.24, 2.45) is 0 Å². The molecule has 2 aromatic rings. The SMILES string of the molecule is Cc1ccccc1OCCN(C)C(=O)Nc1cccc(S(=O)(=O)N2CCCCCC2)c1. The van der Waals surface area contributed by atoms with E-state index in [-0.39, 0.29) is 10.9 Å². The van der Waals surface area contributed by atoms with Gasteiger partial charge in [0.1, 0.15) is 12.4 Å². The van der Waals surface area contributed by atoms with Crippen LogP contribution in [0.3, 0.4) is 0 Å². The maximum atomic E-state index is 13.0. The molecule has 0 saturated carbocycles. The van der Waals surface area contributed by atoms with Gasteiger partial charge in [0.2, 0.25) is 10.0 Å². The van der Waals surface area contributed by atoms with Crippen LogP contribution in [0.5, 0.6) is 5.75 Å². The van der Waals surface area contributed by atoms with Crippen LogP contribution in [0.15, 0.2) is 53.4 Å². The summed E-state index contributed by atoms with van der Waals surface area (Å²) < 4.78 is 33.3. The van der Waals surface area contributed by atoms with Gasteiger partial charge in [-0.15, -0.1) is 0 Å². The van der Waals surface area contributed by atoms with Crippen LogP contribution in [0.25, 0.3) is 0 Å². The summed E-state index contributed by atoms with van der Waals surface area (Å²) in [5.41, 5.74) is 1.49. The second kappa shape index (κ2) is 10.6. The van der Waals surface area contributed by atoms with Crippen LogP contribution in [-0.2, 0) is 10.0 Å². The Morgan fingerprint density at radius 3 is 2.48 bits per heavy atom. The Bertz CT molecular complexity index is 986. The number of likely N-dealkylation sites (N-methyl/N-ethyl adjacent to an activating group) is 1. The number of aryl methyl sites for hydroxylation is 1. The molecular weight excluding hydrogens is 414 g/mol. The molecule has 8 heteroatoms. The van der Waals surface area contributed by atoms with Crippen LogP contribution in [-0.4, -0.2) is 56.9 Å². The molecule has 1 fully saturated rings. The van der Waals surface area contributed by atoms with E-state index >= 15 is 0 Å². The van der Waals surface area contributed by atoms with Crippen molar-refractivity contribution < 1.29 is 17.9 Å². The lowest BCUT2D eigenvalue weighted by atomic mass is 10.2. The highest BCUT2D eigenvalue weighted by Crippen LogP contribution is 2.23. The lowest BCUT2D eigenvalue weighted by Gasteiger charge is -2.21. The number of benzene rings is 2. The van der Waals surface area contributed by atoms with Crippen LogP contribution < -0.4 is 10.1 Å². The maximum absolute atomic E-state index is 13.0. The maximum Gasteiger partial charge on any atom is 0.321 e. The first-order valence-corrected chi connectivity index (χ1v) is 12.1. The molecule has 1 aliphatic heterocycles. The van der Waals surface area contributed by atoms with Crippen LogP contribution in [0.4, 0.5) is 10.5 Å². The van der Waals surface area contributed by atoms with E-state index in [1.807, 2.05) is 31.2 Å². The number of amides is 2. The van der Waals surface area contributed by atoms with Gasteiger partial charge in [0, 0.05) is 25.8 Å². The topological polar surface area (TPSA) is 79.0 Å². The van der Waals surface area contributed by atoms with Gasteiger partial charge >= 0.3 is 6.03 Å². The van der Waals surface area contributed by atoms with E-state index in [0.717, 1.165) is 37.0 Å². The van der Waals surface area contributed by atoms with Crippen molar-refractivity contribution in [1.82, 2.24) is 9.21 Å². The van der Waals surface area contributed by atoms with E-state index in [0.29, 0.717) is 31.9 Å². The minimum absolute atomic E-state index is 0.206. The summed E-state index contributed by atoms with van der Waals surface area (Å²) in [6.45, 7) is 3.81. The van der Waals surface area contributed by atoms with Crippen LogP contribution in [0, 0.1) is 6.92 Å². The molecule has 2 aromatic carbocycles. The quantitative estimate of drug-likeness (QED) is 0.696. The fraction of sp³-hybridized carbons (Fsp3) is 0.435. The average molecular weight is 446 g/mol. The van der Waals surface area contributed by atoms with Crippen molar-refractivity contribution in [3.63, 3.8) is 0 Å². The third kappa shape index (κ3) is 6.21. The average Bonchev–Trinajstić information content (AvgIpc) is 3.05. The second-order valence-corrected chi connectivity index (χ2v) is 9.75. The summed E-state index contributed by atoms with van der Waals surface area (Å²) in [4.78, 5) is 14.2. The zero-order valence-corrected chi connectivity index (χ0v) is 19.0. The number of nitrogens with one attached hydrogen (secondary N) is 1. The molecule has 0 spiro atoms. The highest BCUT2D eigenvalue weighted by molar-refractivity contribution is 7.89. The molecule has 0 bridgehead atoms. The molecule has 0 atom stereocenters. The van der Waals surface area contributed by atoms with E-state index in [2.05, 4.69) is 5.32 Å². The zero-order valence-electron chi connectivity index (χ0n) is 18.2. The minimum atomic E-state index is -3.56. The largest absolute Gasteiger partial charge is 0.491 e. The van der Waals surface area contributed by atoms with Crippen molar-refractivity contribution >= 4 is 21.7 Å². The molecule has 1 heterocycles. The van der Waals surface area contributed by atoms with Crippen molar-refractivity contribution in [2.45, 2.75) is 37.5 Å². The van der Waals surface area contributed by atoms with Crippen LogP contribution in [0.2, 0.25) is 0 Å². The predicted octanol–water partition coefficient (Wildman–Crippen LogP) is 4.10. The Labute approximate surface area is 185 Å². The van der Waals surface area contributed by atoms with Gasteiger partial charge in [-0.25, -0.2) is 13.2 Å². The number of carbonyl (C=O) groups is 1. The number of hydrogen-bond donors (Lipinski definition) is 1. The van der Waals surface area contributed by atoms with Gasteiger partial charge in [-0.2, -0.15) is 4.31 Å². The highest BCUT2D eigenvalue weighted by atomic mass is 32.2. The van der Waals surface area contributed by atoms with Gasteiger partial charge < -0.3 is 15.0 Å². The summed E-state index contributed by atoms with van der Waals surface area (Å²) in [5.74, 6) is 0.794. The van der Waals surface area contributed by atoms with E-state index in [4.69, 9.17) is 4.74 Å². The number of nitrogens with zero attached hydrogens (tertiary/aromatic N) is 2.